The number of benzene rings is 4. The van der Waals surface area contributed by atoms with Gasteiger partial charge in [-0.05, 0) is 59.0 Å². The van der Waals surface area contributed by atoms with Crippen LogP contribution >= 0.6 is 0 Å². The van der Waals surface area contributed by atoms with E-state index in [-0.39, 0.29) is 22.9 Å². The van der Waals surface area contributed by atoms with Gasteiger partial charge in [-0.2, -0.15) is 0 Å². The van der Waals surface area contributed by atoms with Gasteiger partial charge in [0, 0.05) is 42.2 Å². The average molecular weight is 636 g/mol. The fraction of sp³-hybridized carbons (Fsp3) is 0.118. The van der Waals surface area contributed by atoms with E-state index in [0.717, 1.165) is 59.8 Å². The molecule has 0 aliphatic rings. The molecule has 0 atom stereocenters. The molecule has 0 unspecified atom stereocenters. The average Bonchev–Trinajstić information content (AvgIpc) is 2.98. The number of aromatic nitrogens is 1. The summed E-state index contributed by atoms with van der Waals surface area (Å²) in [4.78, 5) is 17.0. The van der Waals surface area contributed by atoms with Crippen molar-refractivity contribution in [2.75, 3.05) is 21.3 Å². The first-order valence-corrected chi connectivity index (χ1v) is 13.8. The van der Waals surface area contributed by atoms with Gasteiger partial charge in [-0.15, -0.1) is 0 Å². The third kappa shape index (κ3) is 7.23. The van der Waals surface area contributed by atoms with E-state index in [1.54, 1.807) is 30.3 Å². The molecule has 236 valence electrons. The van der Waals surface area contributed by atoms with Crippen molar-refractivity contribution in [3.8, 4) is 11.1 Å². The van der Waals surface area contributed by atoms with Crippen LogP contribution in [0.2, 0.25) is 0 Å². The summed E-state index contributed by atoms with van der Waals surface area (Å²) in [6.07, 6.45) is 1.48. The number of hydrogen-bond donors (Lipinski definition) is 4. The van der Waals surface area contributed by atoms with Crippen molar-refractivity contribution in [2.24, 2.45) is 0 Å². The summed E-state index contributed by atoms with van der Waals surface area (Å²) in [5.74, 6) is -7.65. The lowest BCUT2D eigenvalue weighted by atomic mass is 9.99. The highest BCUT2D eigenvalue weighted by Crippen LogP contribution is 2.34. The Morgan fingerprint density at radius 2 is 1.28 bits per heavy atom. The van der Waals surface area contributed by atoms with Crippen LogP contribution in [0.4, 0.5) is 54.0 Å². The smallest absolute Gasteiger partial charge is 0.324 e. The maximum Gasteiger partial charge on any atom is 0.324 e. The van der Waals surface area contributed by atoms with Gasteiger partial charge in [0.05, 0.1) is 11.4 Å². The predicted molar refractivity (Wildman–Crippen MR) is 168 cm³/mol. The lowest BCUT2D eigenvalue weighted by molar-refractivity contribution is 0.0168. The van der Waals surface area contributed by atoms with Crippen LogP contribution in [0.15, 0.2) is 104 Å². The molecule has 0 spiro atoms. The third-order valence-electron chi connectivity index (χ3n) is 7.01. The summed E-state index contributed by atoms with van der Waals surface area (Å²) in [5.41, 5.74) is 0.788. The fourth-order valence-electron chi connectivity index (χ4n) is 4.71. The Hall–Kier alpha value is -5.52. The van der Waals surface area contributed by atoms with Crippen molar-refractivity contribution in [3.05, 3.63) is 126 Å². The fourth-order valence-corrected chi connectivity index (χ4v) is 4.71. The van der Waals surface area contributed by atoms with Gasteiger partial charge in [-0.3, -0.25) is 5.32 Å². The van der Waals surface area contributed by atoms with Crippen molar-refractivity contribution in [3.63, 3.8) is 0 Å². The molecule has 4 aromatic carbocycles. The minimum absolute atomic E-state index is 0.156. The van der Waals surface area contributed by atoms with Crippen LogP contribution in [0.5, 0.6) is 0 Å². The molecule has 0 aliphatic heterocycles. The summed E-state index contributed by atoms with van der Waals surface area (Å²) >= 11 is 0. The SMILES string of the molecule is C=C(Nc1ccc(-c2cccc3c(NC(=O)Nc4cc(C(C)(F)F)ccc4F)nccc23)cc1)Nc1cc(C(C)(F)F)ccc1F. The maximum atomic E-state index is 14.3. The van der Waals surface area contributed by atoms with Gasteiger partial charge in [0.15, 0.2) is 0 Å². The van der Waals surface area contributed by atoms with Gasteiger partial charge < -0.3 is 16.0 Å². The lowest BCUT2D eigenvalue weighted by Gasteiger charge is -2.16. The molecule has 4 N–H and O–H groups in total. The number of carbonyl (C=O) groups is 1. The molecule has 0 radical (unpaired) electrons. The zero-order valence-electron chi connectivity index (χ0n) is 24.5. The second kappa shape index (κ2) is 12.5. The van der Waals surface area contributed by atoms with E-state index >= 15 is 0 Å². The highest BCUT2D eigenvalue weighted by Gasteiger charge is 2.26. The predicted octanol–water partition coefficient (Wildman–Crippen LogP) is 10.0. The molecule has 2 amide bonds. The van der Waals surface area contributed by atoms with Gasteiger partial charge in [0.2, 0.25) is 0 Å². The normalized spacial score (nSPS) is 11.7. The highest BCUT2D eigenvalue weighted by atomic mass is 19.3. The van der Waals surface area contributed by atoms with Crippen LogP contribution in [0.3, 0.4) is 0 Å². The molecule has 0 bridgehead atoms. The van der Waals surface area contributed by atoms with E-state index in [1.165, 1.54) is 6.20 Å². The molecular formula is C34H27F6N5O. The molecule has 6 nitrogen and oxygen atoms in total. The number of pyridine rings is 1. The van der Waals surface area contributed by atoms with E-state index in [0.29, 0.717) is 18.0 Å². The second-order valence-electron chi connectivity index (χ2n) is 10.6. The number of urea groups is 1. The van der Waals surface area contributed by atoms with E-state index < -0.39 is 40.8 Å². The number of amides is 2. The lowest BCUT2D eigenvalue weighted by Crippen LogP contribution is -2.21. The Kier molecular flexibility index (Phi) is 8.64. The molecule has 0 saturated carbocycles. The van der Waals surface area contributed by atoms with Crippen molar-refractivity contribution < 1.29 is 31.1 Å². The topological polar surface area (TPSA) is 78.1 Å². The van der Waals surface area contributed by atoms with E-state index in [2.05, 4.69) is 32.8 Å². The molecule has 5 rings (SSSR count). The Morgan fingerprint density at radius 3 is 1.87 bits per heavy atom. The van der Waals surface area contributed by atoms with Crippen LogP contribution in [0, 0.1) is 11.6 Å². The number of anilines is 4. The number of alkyl halides is 4. The van der Waals surface area contributed by atoms with E-state index in [1.807, 2.05) is 18.2 Å². The molecular weight excluding hydrogens is 608 g/mol. The van der Waals surface area contributed by atoms with Crippen molar-refractivity contribution in [1.82, 2.24) is 4.98 Å². The quantitative estimate of drug-likeness (QED) is 0.122. The number of nitrogens with zero attached hydrogens (tertiary/aromatic N) is 1. The van der Waals surface area contributed by atoms with Gasteiger partial charge >= 0.3 is 6.03 Å². The third-order valence-corrected chi connectivity index (χ3v) is 7.01. The minimum Gasteiger partial charge on any atom is -0.342 e. The largest absolute Gasteiger partial charge is 0.342 e. The first kappa shape index (κ1) is 31.9. The summed E-state index contributed by atoms with van der Waals surface area (Å²) in [6, 6.07) is 19.0. The number of nitrogens with one attached hydrogen (secondary N) is 4. The maximum absolute atomic E-state index is 14.3. The van der Waals surface area contributed by atoms with Crippen LogP contribution in [-0.4, -0.2) is 11.0 Å². The molecule has 5 aromatic rings. The highest BCUT2D eigenvalue weighted by molar-refractivity contribution is 6.08. The first-order chi connectivity index (χ1) is 21.7. The van der Waals surface area contributed by atoms with Gasteiger partial charge in [0.25, 0.3) is 11.8 Å². The summed E-state index contributed by atoms with van der Waals surface area (Å²) in [5, 5.41) is 11.7. The van der Waals surface area contributed by atoms with Crippen LogP contribution < -0.4 is 21.3 Å². The number of halogens is 6. The number of rotatable bonds is 9. The number of fused-ring (bicyclic) bond motifs is 1. The molecule has 0 fully saturated rings. The van der Waals surface area contributed by atoms with Gasteiger partial charge in [0.1, 0.15) is 23.3 Å². The van der Waals surface area contributed by atoms with E-state index in [4.69, 9.17) is 0 Å². The van der Waals surface area contributed by atoms with Crippen LogP contribution in [0.1, 0.15) is 25.0 Å². The molecule has 0 aliphatic carbocycles. The Labute approximate surface area is 260 Å². The number of hydrogen-bond acceptors (Lipinski definition) is 4. The van der Waals surface area contributed by atoms with Crippen LogP contribution in [-0.2, 0) is 11.8 Å². The van der Waals surface area contributed by atoms with Gasteiger partial charge in [-0.25, -0.2) is 36.1 Å². The van der Waals surface area contributed by atoms with E-state index in [9.17, 15) is 31.1 Å². The van der Waals surface area contributed by atoms with Crippen molar-refractivity contribution in [2.45, 2.75) is 25.7 Å². The molecule has 1 aromatic heterocycles. The summed E-state index contributed by atoms with van der Waals surface area (Å²) in [6.45, 7) is 5.20. The molecule has 12 heteroatoms. The summed E-state index contributed by atoms with van der Waals surface area (Å²) in [7, 11) is 0. The minimum atomic E-state index is -3.23. The standard InChI is InChI=1S/C34H27F6N5O/c1-19(43-29-17-21(33(2,37)38)9-13-27(29)35)42-23-11-7-20(8-12-23)24-5-4-6-26-25(24)15-16-41-31(26)45-32(46)44-30-18-22(34(3,39)40)10-14-28(30)36/h4-18,42-43H,1H2,2-3H3,(H2,41,44,45,46). The first-order valence-electron chi connectivity index (χ1n) is 13.8. The monoisotopic (exact) mass is 635 g/mol. The van der Waals surface area contributed by atoms with Crippen LogP contribution in [0.25, 0.3) is 21.9 Å². The summed E-state index contributed by atoms with van der Waals surface area (Å²) < 4.78 is 83.3. The Balaban J connectivity index is 1.31. The number of carbonyl (C=O) groups excluding carboxylic acids is 1. The zero-order valence-corrected chi connectivity index (χ0v) is 24.5. The van der Waals surface area contributed by atoms with Gasteiger partial charge in [-0.1, -0.05) is 49.0 Å². The molecule has 1 heterocycles. The molecule has 0 saturated heterocycles. The Morgan fingerprint density at radius 1 is 0.696 bits per heavy atom. The zero-order chi connectivity index (χ0) is 33.2. The van der Waals surface area contributed by atoms with Crippen molar-refractivity contribution in [1.29, 1.82) is 0 Å². The Bertz CT molecular complexity index is 1930. The second-order valence-corrected chi connectivity index (χ2v) is 10.6. The van der Waals surface area contributed by atoms with Crippen molar-refractivity contribution >= 4 is 39.7 Å². The molecule has 46 heavy (non-hydrogen) atoms.